The first-order valence-corrected chi connectivity index (χ1v) is 11.5. The zero-order valence-electron chi connectivity index (χ0n) is 16.1. The molecule has 3 unspecified atom stereocenters. The molecule has 4 saturated carbocycles. The molecule has 1 aromatic rings. The summed E-state index contributed by atoms with van der Waals surface area (Å²) in [5, 5.41) is 0. The lowest BCUT2D eigenvalue weighted by Crippen LogP contribution is -2.57. The molecule has 1 amide bonds. The van der Waals surface area contributed by atoms with Gasteiger partial charge in [-0.3, -0.25) is 4.79 Å². The molecule has 5 aliphatic rings. The fraction of sp³-hybridized carbons (Fsp3) is 0.714. The van der Waals surface area contributed by atoms with Crippen LogP contribution in [0, 0.1) is 30.1 Å². The lowest BCUT2D eigenvalue weighted by Gasteiger charge is -2.58. The number of aryl methyl sites for hydroxylation is 1. The molecule has 1 aromatic heterocycles. The Balaban J connectivity index is 1.23. The molecule has 1 aliphatic heterocycles. The van der Waals surface area contributed by atoms with Crippen LogP contribution < -0.4 is 0 Å². The summed E-state index contributed by atoms with van der Waals surface area (Å²) in [6.07, 6.45) is 9.42. The molecular weight excluding hydrogens is 469 g/mol. The van der Waals surface area contributed by atoms with Crippen LogP contribution in [0.4, 0.5) is 4.79 Å². The summed E-state index contributed by atoms with van der Waals surface area (Å²) in [5.41, 5.74) is 0.907. The minimum absolute atomic E-state index is 0.0115. The van der Waals surface area contributed by atoms with Crippen molar-refractivity contribution < 1.29 is 14.3 Å². The van der Waals surface area contributed by atoms with Gasteiger partial charge in [0, 0.05) is 59.4 Å². The second kappa shape index (κ2) is 6.92. The highest BCUT2D eigenvalue weighted by molar-refractivity contribution is 14.1. The third-order valence-electron chi connectivity index (χ3n) is 7.45. The fourth-order valence-electron chi connectivity index (χ4n) is 6.35. The number of carbonyl (C=O) groups excluding carboxylic acids is 2. The van der Waals surface area contributed by atoms with E-state index in [4.69, 9.17) is 4.74 Å². The molecule has 0 N–H and O–H groups in total. The van der Waals surface area contributed by atoms with Crippen molar-refractivity contribution in [2.24, 2.45) is 23.2 Å². The van der Waals surface area contributed by atoms with Crippen LogP contribution in [-0.4, -0.2) is 43.9 Å². The van der Waals surface area contributed by atoms with E-state index in [1.165, 1.54) is 0 Å². The second-order valence-electron chi connectivity index (χ2n) is 9.42. The van der Waals surface area contributed by atoms with Crippen molar-refractivity contribution in [3.63, 3.8) is 0 Å². The first-order chi connectivity index (χ1) is 13.4. The number of hydrogen-bond donors (Lipinski definition) is 0. The van der Waals surface area contributed by atoms with E-state index in [9.17, 15) is 9.59 Å². The van der Waals surface area contributed by atoms with Crippen molar-refractivity contribution in [1.82, 2.24) is 14.9 Å². The number of carbonyl (C=O) groups is 2. The van der Waals surface area contributed by atoms with Crippen LogP contribution in [0.5, 0.6) is 0 Å². The van der Waals surface area contributed by atoms with Gasteiger partial charge >= 0.3 is 6.09 Å². The summed E-state index contributed by atoms with van der Waals surface area (Å²) >= 11 is 2.00. The molecule has 4 bridgehead atoms. The molecule has 0 radical (unpaired) electrons. The summed E-state index contributed by atoms with van der Waals surface area (Å²) in [5.74, 6) is 2.35. The second-order valence-corrected chi connectivity index (χ2v) is 10.4. The molecule has 0 aromatic carbocycles. The summed E-state index contributed by atoms with van der Waals surface area (Å²) in [6, 6.07) is 0. The number of rotatable bonds is 3. The Kier molecular flexibility index (Phi) is 4.63. The van der Waals surface area contributed by atoms with Crippen LogP contribution in [0.25, 0.3) is 0 Å². The number of likely N-dealkylation sites (tertiary alicyclic amines) is 1. The first-order valence-electron chi connectivity index (χ1n) is 10.4. The number of aromatic nitrogens is 2. The third kappa shape index (κ3) is 3.13. The van der Waals surface area contributed by atoms with Gasteiger partial charge in [0.15, 0.2) is 3.79 Å². The summed E-state index contributed by atoms with van der Waals surface area (Å²) in [4.78, 5) is 35.8. The van der Waals surface area contributed by atoms with E-state index in [-0.39, 0.29) is 23.5 Å². The molecule has 28 heavy (non-hydrogen) atoms. The summed E-state index contributed by atoms with van der Waals surface area (Å²) < 4.78 is 6.39. The minimum atomic E-state index is -0.193. The van der Waals surface area contributed by atoms with Crippen LogP contribution in [0.3, 0.4) is 0 Å². The third-order valence-corrected chi connectivity index (χ3v) is 8.60. The number of hydrogen-bond acceptors (Lipinski definition) is 5. The highest BCUT2D eigenvalue weighted by Crippen LogP contribution is 2.61. The number of halogens is 1. The normalized spacial score (nSPS) is 38.6. The molecule has 150 valence electrons. The van der Waals surface area contributed by atoms with Crippen molar-refractivity contribution in [3.8, 4) is 0 Å². The molecule has 4 aliphatic carbocycles. The standard InChI is InChI=1S/C21H26IN3O3/c1-12-9-23-18(24-10-12)14-2-3-25(11-14)20(27)28-17-15-4-13-5-16(17)8-21(6-13,7-15)19(22)26/h9-10,13-17H,2-8,11H2,1H3. The van der Waals surface area contributed by atoms with Gasteiger partial charge in [-0.15, -0.1) is 0 Å². The topological polar surface area (TPSA) is 72.4 Å². The van der Waals surface area contributed by atoms with E-state index in [0.717, 1.165) is 49.9 Å². The fourth-order valence-corrected chi connectivity index (χ4v) is 7.01. The van der Waals surface area contributed by atoms with Gasteiger partial charge in [0.05, 0.1) is 0 Å². The first kappa shape index (κ1) is 18.8. The molecule has 1 saturated heterocycles. The van der Waals surface area contributed by atoms with Crippen LogP contribution in [-0.2, 0) is 9.53 Å². The van der Waals surface area contributed by atoms with E-state index in [1.807, 2.05) is 46.8 Å². The van der Waals surface area contributed by atoms with Crippen molar-refractivity contribution in [2.75, 3.05) is 13.1 Å². The quantitative estimate of drug-likeness (QED) is 0.471. The maximum atomic E-state index is 12.9. The zero-order valence-corrected chi connectivity index (χ0v) is 18.3. The SMILES string of the molecule is Cc1cnc(C2CCN(C(=O)OC3C4CC5CC3CC(C(=O)I)(C5)C4)C2)nc1. The average Bonchev–Trinajstić information content (AvgIpc) is 3.15. The van der Waals surface area contributed by atoms with Gasteiger partial charge in [-0.1, -0.05) is 0 Å². The molecule has 3 atom stereocenters. The Bertz CT molecular complexity index is 783. The van der Waals surface area contributed by atoms with Gasteiger partial charge < -0.3 is 9.64 Å². The van der Waals surface area contributed by atoms with Gasteiger partial charge in [0.1, 0.15) is 11.9 Å². The highest BCUT2D eigenvalue weighted by Gasteiger charge is 2.59. The molecule has 0 spiro atoms. The molecule has 5 fully saturated rings. The smallest absolute Gasteiger partial charge is 0.410 e. The van der Waals surface area contributed by atoms with Gasteiger partial charge in [-0.25, -0.2) is 14.8 Å². The van der Waals surface area contributed by atoms with Crippen molar-refractivity contribution in [2.45, 2.75) is 57.5 Å². The Morgan fingerprint density at radius 1 is 1.18 bits per heavy atom. The number of nitrogens with zero attached hydrogens (tertiary/aromatic N) is 3. The number of ether oxygens (including phenoxy) is 1. The zero-order chi connectivity index (χ0) is 19.5. The monoisotopic (exact) mass is 495 g/mol. The molecule has 7 heteroatoms. The van der Waals surface area contributed by atoms with Crippen LogP contribution in [0.1, 0.15) is 55.8 Å². The number of amides is 1. The van der Waals surface area contributed by atoms with Crippen LogP contribution in [0.2, 0.25) is 0 Å². The van der Waals surface area contributed by atoms with Crippen LogP contribution in [0.15, 0.2) is 12.4 Å². The van der Waals surface area contributed by atoms with E-state index >= 15 is 0 Å². The van der Waals surface area contributed by atoms with Crippen molar-refractivity contribution in [3.05, 3.63) is 23.8 Å². The van der Waals surface area contributed by atoms with E-state index in [2.05, 4.69) is 9.97 Å². The minimum Gasteiger partial charge on any atom is -0.446 e. The summed E-state index contributed by atoms with van der Waals surface area (Å²) in [7, 11) is 0. The lowest BCUT2D eigenvalue weighted by atomic mass is 9.49. The maximum absolute atomic E-state index is 12.9. The Morgan fingerprint density at radius 3 is 2.50 bits per heavy atom. The molecular formula is C21H26IN3O3. The van der Waals surface area contributed by atoms with Crippen molar-refractivity contribution >= 4 is 32.5 Å². The summed E-state index contributed by atoms with van der Waals surface area (Å²) in [6.45, 7) is 3.30. The Hall–Kier alpha value is -1.25. The predicted octanol–water partition coefficient (Wildman–Crippen LogP) is 3.87. The molecule has 6 rings (SSSR count). The van der Waals surface area contributed by atoms with E-state index in [0.29, 0.717) is 34.6 Å². The lowest BCUT2D eigenvalue weighted by molar-refractivity contribution is -0.153. The van der Waals surface area contributed by atoms with E-state index in [1.54, 1.807) is 0 Å². The van der Waals surface area contributed by atoms with Gasteiger partial charge in [0.25, 0.3) is 0 Å². The molecule has 6 nitrogen and oxygen atoms in total. The van der Waals surface area contributed by atoms with E-state index < -0.39 is 0 Å². The average molecular weight is 495 g/mol. The maximum Gasteiger partial charge on any atom is 0.410 e. The van der Waals surface area contributed by atoms with Gasteiger partial charge in [-0.2, -0.15) is 0 Å². The largest absolute Gasteiger partial charge is 0.446 e. The Morgan fingerprint density at radius 2 is 1.86 bits per heavy atom. The van der Waals surface area contributed by atoms with Gasteiger partial charge in [-0.05, 0) is 68.8 Å². The predicted molar refractivity (Wildman–Crippen MR) is 111 cm³/mol. The highest BCUT2D eigenvalue weighted by atomic mass is 127. The van der Waals surface area contributed by atoms with Gasteiger partial charge in [0.2, 0.25) is 0 Å². The van der Waals surface area contributed by atoms with Crippen LogP contribution >= 0.6 is 22.6 Å². The Labute approximate surface area is 179 Å². The molecule has 2 heterocycles. The van der Waals surface area contributed by atoms with Crippen molar-refractivity contribution in [1.29, 1.82) is 0 Å².